The summed E-state index contributed by atoms with van der Waals surface area (Å²) < 4.78 is 0. The van der Waals surface area contributed by atoms with E-state index in [4.69, 9.17) is 0 Å². The topological polar surface area (TPSA) is 61.4 Å². The average Bonchev–Trinajstić information content (AvgIpc) is 2.35. The Balaban J connectivity index is 2.52. The Bertz CT molecular complexity index is 468. The molecule has 4 nitrogen and oxygen atoms in total. The summed E-state index contributed by atoms with van der Waals surface area (Å²) in [5.41, 5.74) is 1.86. The van der Waals surface area contributed by atoms with Crippen LogP contribution < -0.4 is 10.6 Å². The van der Waals surface area contributed by atoms with Gasteiger partial charge in [0, 0.05) is 12.2 Å². The minimum Gasteiger partial charge on any atom is -0.393 e. The van der Waals surface area contributed by atoms with E-state index in [1.807, 2.05) is 32.0 Å². The van der Waals surface area contributed by atoms with Crippen molar-refractivity contribution >= 4 is 11.7 Å². The fourth-order valence-corrected chi connectivity index (χ4v) is 2.34. The first-order valence-electron chi connectivity index (χ1n) is 7.52. The maximum atomic E-state index is 11.9. The van der Waals surface area contributed by atoms with Gasteiger partial charge in [0.1, 0.15) is 0 Å². The van der Waals surface area contributed by atoms with E-state index in [2.05, 4.69) is 30.5 Å². The number of aliphatic hydroxyl groups is 1. The zero-order valence-corrected chi connectivity index (χ0v) is 13.7. The van der Waals surface area contributed by atoms with Gasteiger partial charge in [0.05, 0.1) is 6.10 Å². The van der Waals surface area contributed by atoms with Crippen molar-refractivity contribution in [2.24, 2.45) is 5.41 Å². The molecule has 1 aromatic rings. The highest BCUT2D eigenvalue weighted by Gasteiger charge is 2.21. The van der Waals surface area contributed by atoms with Crippen molar-refractivity contribution in [2.75, 3.05) is 11.9 Å². The highest BCUT2D eigenvalue weighted by atomic mass is 16.3. The van der Waals surface area contributed by atoms with Gasteiger partial charge in [-0.05, 0) is 42.4 Å². The number of hydrogen-bond donors (Lipinski definition) is 3. The fraction of sp³-hybridized carbons (Fsp3) is 0.588. The van der Waals surface area contributed by atoms with Crippen LogP contribution >= 0.6 is 0 Å². The van der Waals surface area contributed by atoms with Crippen LogP contribution in [0.15, 0.2) is 24.3 Å². The molecule has 1 unspecified atom stereocenters. The van der Waals surface area contributed by atoms with E-state index < -0.39 is 0 Å². The van der Waals surface area contributed by atoms with Crippen molar-refractivity contribution in [3.63, 3.8) is 0 Å². The second kappa shape index (κ2) is 7.46. The molecule has 1 atom stereocenters. The first-order valence-corrected chi connectivity index (χ1v) is 7.52. The van der Waals surface area contributed by atoms with E-state index in [1.165, 1.54) is 5.56 Å². The molecule has 0 aliphatic heterocycles. The largest absolute Gasteiger partial charge is 0.393 e. The molecule has 4 heteroatoms. The molecule has 0 aromatic heterocycles. The Labute approximate surface area is 128 Å². The first kappa shape index (κ1) is 17.5. The van der Waals surface area contributed by atoms with Gasteiger partial charge in [0.2, 0.25) is 0 Å². The van der Waals surface area contributed by atoms with Crippen LogP contribution in [0.1, 0.15) is 52.5 Å². The minimum absolute atomic E-state index is 0.134. The molecule has 1 aromatic carbocycles. The number of carbonyl (C=O) groups is 1. The van der Waals surface area contributed by atoms with Crippen LogP contribution in [0.3, 0.4) is 0 Å². The molecule has 0 heterocycles. The third kappa shape index (κ3) is 6.63. The molecule has 0 radical (unpaired) electrons. The molecule has 0 aliphatic carbocycles. The SMILES string of the molecule is CC(O)CC(C)(C)CNC(=O)Nc1cccc(C(C)C)c1. The Hall–Kier alpha value is -1.55. The summed E-state index contributed by atoms with van der Waals surface area (Å²) in [6.07, 6.45) is 0.281. The summed E-state index contributed by atoms with van der Waals surface area (Å²) in [5.74, 6) is 0.430. The predicted molar refractivity (Wildman–Crippen MR) is 87.6 cm³/mol. The molecule has 0 fully saturated rings. The van der Waals surface area contributed by atoms with Crippen LogP contribution in [0.5, 0.6) is 0 Å². The molecule has 21 heavy (non-hydrogen) atoms. The van der Waals surface area contributed by atoms with E-state index in [-0.39, 0.29) is 17.6 Å². The van der Waals surface area contributed by atoms with Gasteiger partial charge in [-0.3, -0.25) is 0 Å². The first-order chi connectivity index (χ1) is 9.69. The van der Waals surface area contributed by atoms with Crippen molar-refractivity contribution in [3.8, 4) is 0 Å². The number of amides is 2. The number of rotatable bonds is 6. The van der Waals surface area contributed by atoms with Crippen molar-refractivity contribution in [3.05, 3.63) is 29.8 Å². The molecule has 1 rings (SSSR count). The number of nitrogens with one attached hydrogen (secondary N) is 2. The van der Waals surface area contributed by atoms with Gasteiger partial charge >= 0.3 is 6.03 Å². The van der Waals surface area contributed by atoms with Crippen LogP contribution in [0, 0.1) is 5.41 Å². The van der Waals surface area contributed by atoms with E-state index in [9.17, 15) is 9.90 Å². The monoisotopic (exact) mass is 292 g/mol. The van der Waals surface area contributed by atoms with Crippen LogP contribution in [0.25, 0.3) is 0 Å². The molecule has 3 N–H and O–H groups in total. The fourth-order valence-electron chi connectivity index (χ4n) is 2.34. The summed E-state index contributed by atoms with van der Waals surface area (Å²) in [7, 11) is 0. The number of aliphatic hydroxyl groups excluding tert-OH is 1. The Morgan fingerprint density at radius 2 is 1.95 bits per heavy atom. The smallest absolute Gasteiger partial charge is 0.319 e. The third-order valence-electron chi connectivity index (χ3n) is 3.39. The normalized spacial score (nSPS) is 13.1. The predicted octanol–water partition coefficient (Wildman–Crippen LogP) is 3.73. The summed E-state index contributed by atoms with van der Waals surface area (Å²) >= 11 is 0. The maximum Gasteiger partial charge on any atom is 0.319 e. The maximum absolute atomic E-state index is 11.9. The standard InChI is InChI=1S/C17H28N2O2/c1-12(2)14-7-6-8-15(9-14)19-16(21)18-11-17(4,5)10-13(3)20/h6-9,12-13,20H,10-11H2,1-5H3,(H2,18,19,21). The lowest BCUT2D eigenvalue weighted by Gasteiger charge is -2.26. The number of urea groups is 1. The average molecular weight is 292 g/mol. The Morgan fingerprint density at radius 1 is 1.29 bits per heavy atom. The Morgan fingerprint density at radius 3 is 2.52 bits per heavy atom. The van der Waals surface area contributed by atoms with Crippen molar-refractivity contribution in [1.82, 2.24) is 5.32 Å². The minimum atomic E-state index is -0.368. The molecular formula is C17H28N2O2. The van der Waals surface area contributed by atoms with Crippen molar-refractivity contribution in [2.45, 2.75) is 53.1 Å². The highest BCUT2D eigenvalue weighted by Crippen LogP contribution is 2.21. The van der Waals surface area contributed by atoms with Crippen molar-refractivity contribution in [1.29, 1.82) is 0 Å². The number of anilines is 1. The van der Waals surface area contributed by atoms with E-state index in [1.54, 1.807) is 6.92 Å². The summed E-state index contributed by atoms with van der Waals surface area (Å²) in [4.78, 5) is 11.9. The Kier molecular flexibility index (Phi) is 6.21. The second-order valence-electron chi connectivity index (χ2n) is 6.81. The van der Waals surface area contributed by atoms with Crippen LogP contribution in [0.4, 0.5) is 10.5 Å². The lowest BCUT2D eigenvalue weighted by Crippen LogP contribution is -2.38. The zero-order valence-electron chi connectivity index (χ0n) is 13.7. The zero-order chi connectivity index (χ0) is 16.0. The molecule has 118 valence electrons. The van der Waals surface area contributed by atoms with Gasteiger partial charge in [0.25, 0.3) is 0 Å². The van der Waals surface area contributed by atoms with Crippen LogP contribution in [-0.2, 0) is 0 Å². The molecule has 0 aliphatic rings. The van der Waals surface area contributed by atoms with E-state index in [0.29, 0.717) is 18.9 Å². The van der Waals surface area contributed by atoms with Crippen molar-refractivity contribution < 1.29 is 9.90 Å². The van der Waals surface area contributed by atoms with E-state index in [0.717, 1.165) is 5.69 Å². The molecule has 2 amide bonds. The van der Waals surface area contributed by atoms with Crippen LogP contribution in [-0.4, -0.2) is 23.8 Å². The lowest BCUT2D eigenvalue weighted by molar-refractivity contribution is 0.129. The lowest BCUT2D eigenvalue weighted by atomic mass is 9.87. The van der Waals surface area contributed by atoms with Gasteiger partial charge < -0.3 is 15.7 Å². The van der Waals surface area contributed by atoms with Crippen LogP contribution in [0.2, 0.25) is 0 Å². The molecule has 0 saturated heterocycles. The summed E-state index contributed by atoms with van der Waals surface area (Å²) in [6.45, 7) is 10.6. The quantitative estimate of drug-likeness (QED) is 0.748. The van der Waals surface area contributed by atoms with Gasteiger partial charge in [-0.1, -0.05) is 39.8 Å². The third-order valence-corrected chi connectivity index (χ3v) is 3.39. The van der Waals surface area contributed by atoms with Gasteiger partial charge in [-0.15, -0.1) is 0 Å². The number of carbonyl (C=O) groups excluding carboxylic acids is 1. The second-order valence-corrected chi connectivity index (χ2v) is 6.81. The molecular weight excluding hydrogens is 264 g/mol. The molecule has 0 saturated carbocycles. The van der Waals surface area contributed by atoms with Gasteiger partial charge in [0.15, 0.2) is 0 Å². The molecule has 0 bridgehead atoms. The summed E-state index contributed by atoms with van der Waals surface area (Å²) in [6, 6.07) is 7.66. The number of hydrogen-bond acceptors (Lipinski definition) is 2. The number of benzene rings is 1. The highest BCUT2D eigenvalue weighted by molar-refractivity contribution is 5.89. The van der Waals surface area contributed by atoms with Gasteiger partial charge in [-0.2, -0.15) is 0 Å². The van der Waals surface area contributed by atoms with Gasteiger partial charge in [-0.25, -0.2) is 4.79 Å². The molecule has 0 spiro atoms. The summed E-state index contributed by atoms with van der Waals surface area (Å²) in [5, 5.41) is 15.2. The van der Waals surface area contributed by atoms with E-state index >= 15 is 0 Å².